The van der Waals surface area contributed by atoms with E-state index in [0.29, 0.717) is 17.0 Å². The Kier molecular flexibility index (Phi) is 5.19. The molecule has 4 rings (SSSR count). The van der Waals surface area contributed by atoms with Crippen LogP contribution in [0.2, 0.25) is 0 Å². The predicted molar refractivity (Wildman–Crippen MR) is 124 cm³/mol. The third-order valence-corrected chi connectivity index (χ3v) is 12.4. The van der Waals surface area contributed by atoms with Gasteiger partial charge in [0.25, 0.3) is 0 Å². The van der Waals surface area contributed by atoms with Gasteiger partial charge in [-0.15, -0.1) is 0 Å². The summed E-state index contributed by atoms with van der Waals surface area (Å²) in [5.74, 6) is 0. The number of rotatable bonds is 5. The Morgan fingerprint density at radius 3 is 1.54 bits per heavy atom. The Bertz CT molecular complexity index is 1020. The fourth-order valence-electron chi connectivity index (χ4n) is 3.67. The molecule has 0 aliphatic heterocycles. The van der Waals surface area contributed by atoms with Crippen molar-refractivity contribution in [2.24, 2.45) is 0 Å². The monoisotopic (exact) mass is 450 g/mol. The average Bonchev–Trinajstić information content (AvgIpc) is 2.76. The molecule has 0 radical (unpaired) electrons. The van der Waals surface area contributed by atoms with E-state index < -0.39 is 5.62 Å². The summed E-state index contributed by atoms with van der Waals surface area (Å²) >= 11 is 3.74. The summed E-state index contributed by atoms with van der Waals surface area (Å²) < 4.78 is 17.7. The Morgan fingerprint density at radius 1 is 0.571 bits per heavy atom. The molecule has 0 N–H and O–H groups in total. The Labute approximate surface area is 173 Å². The van der Waals surface area contributed by atoms with Crippen LogP contribution in [0.4, 0.5) is 4.20 Å². The van der Waals surface area contributed by atoms with Gasteiger partial charge in [-0.2, -0.15) is 0 Å². The van der Waals surface area contributed by atoms with Crippen LogP contribution in [0, 0.1) is 0 Å². The zero-order chi connectivity index (χ0) is 19.5. The van der Waals surface area contributed by atoms with Crippen LogP contribution in [0.25, 0.3) is 0 Å². The molecule has 28 heavy (non-hydrogen) atoms. The van der Waals surface area contributed by atoms with E-state index in [1.807, 2.05) is 103 Å². The molecule has 0 amide bonds. The standard InChI is InChI=1S/C25H21BrFP/c26-28(27,23-15-6-2-7-16-23,24-17-8-3-9-18-24)25-19-11-10-14-22(25)20-21-12-4-1-5-13-21/h1-19H,20H2. The fourth-order valence-corrected chi connectivity index (χ4v) is 9.37. The first kappa shape index (κ1) is 19.1. The number of hydrogen-bond donors (Lipinski definition) is 0. The van der Waals surface area contributed by atoms with Gasteiger partial charge >= 0.3 is 174 Å². The Morgan fingerprint density at radius 2 is 1.00 bits per heavy atom. The molecular formula is C25H21BrFP. The van der Waals surface area contributed by atoms with Crippen LogP contribution in [-0.2, 0) is 6.42 Å². The number of halogens is 2. The Balaban J connectivity index is 1.98. The maximum absolute atomic E-state index is 17.7. The Hall–Kier alpha value is -2.28. The minimum atomic E-state index is -4.27. The van der Waals surface area contributed by atoms with Crippen LogP contribution in [0.3, 0.4) is 0 Å². The molecule has 0 atom stereocenters. The average molecular weight is 451 g/mol. The summed E-state index contributed by atoms with van der Waals surface area (Å²) in [7, 11) is 0. The third kappa shape index (κ3) is 3.32. The van der Waals surface area contributed by atoms with Crippen LogP contribution in [0.5, 0.6) is 0 Å². The van der Waals surface area contributed by atoms with E-state index in [2.05, 4.69) is 27.6 Å². The molecule has 140 valence electrons. The van der Waals surface area contributed by atoms with Crippen molar-refractivity contribution in [1.29, 1.82) is 0 Å². The van der Waals surface area contributed by atoms with Crippen LogP contribution < -0.4 is 15.9 Å². The topological polar surface area (TPSA) is 0 Å². The number of hydrogen-bond acceptors (Lipinski definition) is 0. The van der Waals surface area contributed by atoms with Crippen molar-refractivity contribution in [3.63, 3.8) is 0 Å². The van der Waals surface area contributed by atoms with E-state index in [4.69, 9.17) is 0 Å². The molecule has 0 heterocycles. The maximum atomic E-state index is 17.7. The quantitative estimate of drug-likeness (QED) is 0.313. The van der Waals surface area contributed by atoms with Gasteiger partial charge in [0, 0.05) is 0 Å². The van der Waals surface area contributed by atoms with Gasteiger partial charge in [-0.25, -0.2) is 0 Å². The van der Waals surface area contributed by atoms with Crippen molar-refractivity contribution in [1.82, 2.24) is 0 Å². The first-order chi connectivity index (χ1) is 13.6. The first-order valence-corrected chi connectivity index (χ1v) is 13.4. The van der Waals surface area contributed by atoms with Crippen LogP contribution in [0.1, 0.15) is 11.1 Å². The predicted octanol–water partition coefficient (Wildman–Crippen LogP) is 6.30. The SMILES string of the molecule is FP(Br)(c1ccccc1)(c1ccccc1)c1ccccc1Cc1ccccc1. The molecule has 0 saturated carbocycles. The van der Waals surface area contributed by atoms with E-state index in [0.717, 1.165) is 10.9 Å². The van der Waals surface area contributed by atoms with E-state index in [-0.39, 0.29) is 0 Å². The van der Waals surface area contributed by atoms with Crippen molar-refractivity contribution in [3.8, 4) is 0 Å². The van der Waals surface area contributed by atoms with Gasteiger partial charge in [0.15, 0.2) is 0 Å². The van der Waals surface area contributed by atoms with E-state index in [9.17, 15) is 0 Å². The van der Waals surface area contributed by atoms with Crippen molar-refractivity contribution in [3.05, 3.63) is 126 Å². The van der Waals surface area contributed by atoms with Crippen LogP contribution in [0.15, 0.2) is 115 Å². The first-order valence-electron chi connectivity index (χ1n) is 9.28. The molecular weight excluding hydrogens is 430 g/mol. The molecule has 0 aliphatic rings. The van der Waals surface area contributed by atoms with Crippen LogP contribution >= 0.6 is 21.1 Å². The molecule has 0 nitrogen and oxygen atoms in total. The molecule has 0 unspecified atom stereocenters. The summed E-state index contributed by atoms with van der Waals surface area (Å²) in [6, 6.07) is 37.1. The third-order valence-electron chi connectivity index (χ3n) is 5.07. The summed E-state index contributed by atoms with van der Waals surface area (Å²) in [6.07, 6.45) is 0.685. The fraction of sp³-hybridized carbons (Fsp3) is 0.0400. The molecule has 0 aromatic heterocycles. The molecule has 0 aliphatic carbocycles. The van der Waals surface area contributed by atoms with Gasteiger partial charge in [-0.3, -0.25) is 0 Å². The van der Waals surface area contributed by atoms with Gasteiger partial charge < -0.3 is 0 Å². The molecule has 3 heteroatoms. The summed E-state index contributed by atoms with van der Waals surface area (Å²) in [5.41, 5.74) is -2.10. The van der Waals surface area contributed by atoms with E-state index in [1.54, 1.807) is 0 Å². The van der Waals surface area contributed by atoms with Crippen LogP contribution in [-0.4, -0.2) is 0 Å². The second-order valence-corrected chi connectivity index (χ2v) is 14.2. The minimum absolute atomic E-state index is 0.681. The summed E-state index contributed by atoms with van der Waals surface area (Å²) in [6.45, 7) is 0. The van der Waals surface area contributed by atoms with Crippen molar-refractivity contribution >= 4 is 37.0 Å². The number of benzene rings is 4. The normalized spacial score (nSPS) is 12.9. The zero-order valence-corrected chi connectivity index (χ0v) is 17.9. The van der Waals surface area contributed by atoms with Crippen molar-refractivity contribution < 1.29 is 4.20 Å². The second kappa shape index (κ2) is 7.62. The molecule has 0 fully saturated rings. The summed E-state index contributed by atoms with van der Waals surface area (Å²) in [5, 5.41) is 2.09. The van der Waals surface area contributed by atoms with E-state index in [1.165, 1.54) is 5.56 Å². The molecule has 0 bridgehead atoms. The van der Waals surface area contributed by atoms with Crippen molar-refractivity contribution in [2.75, 3.05) is 0 Å². The second-order valence-electron chi connectivity index (χ2n) is 6.87. The van der Waals surface area contributed by atoms with Gasteiger partial charge in [0.1, 0.15) is 0 Å². The van der Waals surface area contributed by atoms with Gasteiger partial charge in [0.05, 0.1) is 0 Å². The van der Waals surface area contributed by atoms with Gasteiger partial charge in [-0.1, -0.05) is 0 Å². The molecule has 4 aromatic rings. The van der Waals surface area contributed by atoms with Gasteiger partial charge in [-0.05, 0) is 0 Å². The zero-order valence-electron chi connectivity index (χ0n) is 15.4. The molecule has 4 aromatic carbocycles. The molecule has 0 spiro atoms. The van der Waals surface area contributed by atoms with E-state index >= 15 is 4.20 Å². The van der Waals surface area contributed by atoms with Crippen molar-refractivity contribution in [2.45, 2.75) is 6.42 Å². The van der Waals surface area contributed by atoms with Gasteiger partial charge in [0.2, 0.25) is 0 Å². The summed E-state index contributed by atoms with van der Waals surface area (Å²) in [4.78, 5) is 0. The molecule has 0 saturated heterocycles.